The van der Waals surface area contributed by atoms with Crippen LogP contribution < -0.4 is 5.32 Å². The molecule has 0 saturated carbocycles. The van der Waals surface area contributed by atoms with Crippen LogP contribution in [-0.2, 0) is 14.4 Å². The third-order valence-electron chi connectivity index (χ3n) is 5.61. The smallest absolute Gasteiger partial charge is 0.255 e. The second-order valence-corrected chi connectivity index (χ2v) is 8.04. The van der Waals surface area contributed by atoms with Gasteiger partial charge in [-0.05, 0) is 17.4 Å². The van der Waals surface area contributed by atoms with Crippen molar-refractivity contribution >= 4 is 17.7 Å². The zero-order valence-corrected chi connectivity index (χ0v) is 14.7. The summed E-state index contributed by atoms with van der Waals surface area (Å²) in [4.78, 5) is 37.8. The van der Waals surface area contributed by atoms with Crippen molar-refractivity contribution in [2.45, 2.75) is 46.6 Å². The van der Waals surface area contributed by atoms with Crippen molar-refractivity contribution in [3.05, 3.63) is 35.5 Å². The molecule has 0 aromatic heterocycles. The zero-order valence-electron chi connectivity index (χ0n) is 14.7. The summed E-state index contributed by atoms with van der Waals surface area (Å²) in [6.45, 7) is 9.10. The van der Waals surface area contributed by atoms with Crippen LogP contribution in [0.25, 0.3) is 0 Å². The van der Waals surface area contributed by atoms with Gasteiger partial charge >= 0.3 is 0 Å². The summed E-state index contributed by atoms with van der Waals surface area (Å²) in [5.74, 6) is -0.763. The van der Waals surface area contributed by atoms with E-state index in [2.05, 4.69) is 45.2 Å². The van der Waals surface area contributed by atoms with Crippen molar-refractivity contribution in [3.8, 4) is 0 Å². The van der Waals surface area contributed by atoms with Crippen LogP contribution in [0.1, 0.15) is 40.5 Å². The highest BCUT2D eigenvalue weighted by atomic mass is 16.2. The minimum absolute atomic E-state index is 0.0338. The number of allylic oxidation sites excluding steroid dienone is 2. The average Bonchev–Trinajstić information content (AvgIpc) is 2.67. The maximum Gasteiger partial charge on any atom is 0.255 e. The predicted molar refractivity (Wildman–Crippen MR) is 90.8 cm³/mol. The van der Waals surface area contributed by atoms with Gasteiger partial charge in [-0.15, -0.1) is 0 Å². The van der Waals surface area contributed by atoms with Crippen LogP contribution in [0.4, 0.5) is 0 Å². The molecule has 2 atom stereocenters. The summed E-state index contributed by atoms with van der Waals surface area (Å²) >= 11 is 0. The number of amides is 3. The van der Waals surface area contributed by atoms with E-state index in [0.717, 1.165) is 5.57 Å². The van der Waals surface area contributed by atoms with Gasteiger partial charge in [-0.1, -0.05) is 52.0 Å². The lowest BCUT2D eigenvalue weighted by Gasteiger charge is -2.37. The lowest BCUT2D eigenvalue weighted by atomic mass is 9.67. The molecule has 2 unspecified atom stereocenters. The summed E-state index contributed by atoms with van der Waals surface area (Å²) in [5, 5.41) is 2.33. The van der Waals surface area contributed by atoms with E-state index in [9.17, 15) is 14.4 Å². The molecule has 1 fully saturated rings. The molecule has 3 rings (SSSR count). The van der Waals surface area contributed by atoms with Crippen LogP contribution in [0.15, 0.2) is 35.5 Å². The van der Waals surface area contributed by atoms with E-state index in [1.165, 1.54) is 0 Å². The van der Waals surface area contributed by atoms with Crippen molar-refractivity contribution < 1.29 is 14.4 Å². The van der Waals surface area contributed by atoms with Crippen molar-refractivity contribution in [2.75, 3.05) is 6.54 Å². The summed E-state index contributed by atoms with van der Waals surface area (Å²) in [6.07, 6.45) is 8.81. The number of hydrogen-bond donors (Lipinski definition) is 1. The Kier molecular flexibility index (Phi) is 3.78. The fourth-order valence-electron chi connectivity index (χ4n) is 3.27. The average molecular weight is 328 g/mol. The van der Waals surface area contributed by atoms with Crippen LogP contribution in [0.5, 0.6) is 0 Å². The Balaban J connectivity index is 1.83. The lowest BCUT2D eigenvalue weighted by molar-refractivity contribution is -0.142. The van der Waals surface area contributed by atoms with Gasteiger partial charge in [0, 0.05) is 24.0 Å². The number of hydrogen-bond acceptors (Lipinski definition) is 3. The van der Waals surface area contributed by atoms with Crippen molar-refractivity contribution in [1.82, 2.24) is 10.2 Å². The molecule has 1 aliphatic carbocycles. The molecule has 2 aliphatic heterocycles. The van der Waals surface area contributed by atoms with Gasteiger partial charge in [0.1, 0.15) is 6.04 Å². The molecule has 24 heavy (non-hydrogen) atoms. The van der Waals surface area contributed by atoms with Gasteiger partial charge < -0.3 is 4.90 Å². The largest absolute Gasteiger partial charge is 0.322 e. The first-order chi connectivity index (χ1) is 11.1. The number of piperidine rings is 1. The summed E-state index contributed by atoms with van der Waals surface area (Å²) in [5.41, 5.74) is 1.49. The van der Waals surface area contributed by atoms with E-state index in [0.29, 0.717) is 18.5 Å². The van der Waals surface area contributed by atoms with Crippen molar-refractivity contribution in [1.29, 1.82) is 0 Å². The van der Waals surface area contributed by atoms with Gasteiger partial charge in [0.25, 0.3) is 5.91 Å². The SMILES string of the molecule is CC(C)(C)C1(C)C=CC2=C(C=C1)C(=O)N(C1CCC(=O)NC1=O)C2. The summed E-state index contributed by atoms with van der Waals surface area (Å²) < 4.78 is 0. The van der Waals surface area contributed by atoms with E-state index < -0.39 is 6.04 Å². The molecular formula is C19H24N2O3. The molecule has 128 valence electrons. The topological polar surface area (TPSA) is 66.5 Å². The first-order valence-corrected chi connectivity index (χ1v) is 8.39. The zero-order chi connectivity index (χ0) is 17.7. The maximum atomic E-state index is 12.8. The Morgan fingerprint density at radius 2 is 1.83 bits per heavy atom. The Bertz CT molecular complexity index is 709. The van der Waals surface area contributed by atoms with Crippen LogP contribution in [0, 0.1) is 10.8 Å². The van der Waals surface area contributed by atoms with E-state index in [1.54, 1.807) is 4.90 Å². The molecule has 1 N–H and O–H groups in total. The normalized spacial score (nSPS) is 30.6. The van der Waals surface area contributed by atoms with Crippen LogP contribution in [-0.4, -0.2) is 35.2 Å². The molecule has 2 heterocycles. The molecule has 0 aromatic carbocycles. The fourth-order valence-corrected chi connectivity index (χ4v) is 3.27. The summed E-state index contributed by atoms with van der Waals surface area (Å²) in [7, 11) is 0. The molecule has 3 amide bonds. The number of carbonyl (C=O) groups excluding carboxylic acids is 3. The highest BCUT2D eigenvalue weighted by Crippen LogP contribution is 2.43. The third kappa shape index (κ3) is 2.62. The van der Waals surface area contributed by atoms with E-state index in [1.807, 2.05) is 12.2 Å². The fraction of sp³-hybridized carbons (Fsp3) is 0.526. The highest BCUT2D eigenvalue weighted by Gasteiger charge is 2.41. The molecule has 0 spiro atoms. The van der Waals surface area contributed by atoms with E-state index >= 15 is 0 Å². The Labute approximate surface area is 142 Å². The van der Waals surface area contributed by atoms with E-state index in [4.69, 9.17) is 0 Å². The molecule has 0 aromatic rings. The van der Waals surface area contributed by atoms with Gasteiger partial charge in [0.2, 0.25) is 11.8 Å². The van der Waals surface area contributed by atoms with Gasteiger partial charge in [0.05, 0.1) is 0 Å². The van der Waals surface area contributed by atoms with Crippen LogP contribution in [0.2, 0.25) is 0 Å². The molecule has 1 saturated heterocycles. The first kappa shape index (κ1) is 16.7. The summed E-state index contributed by atoms with van der Waals surface area (Å²) in [6, 6.07) is -0.557. The molecule has 0 bridgehead atoms. The van der Waals surface area contributed by atoms with Gasteiger partial charge in [0.15, 0.2) is 0 Å². The second kappa shape index (κ2) is 5.43. The number of carbonyl (C=O) groups is 3. The van der Waals surface area contributed by atoms with Gasteiger partial charge in [-0.3, -0.25) is 19.7 Å². The van der Waals surface area contributed by atoms with Gasteiger partial charge in [-0.25, -0.2) is 0 Å². The Morgan fingerprint density at radius 3 is 2.46 bits per heavy atom. The van der Waals surface area contributed by atoms with Crippen molar-refractivity contribution in [2.24, 2.45) is 10.8 Å². The molecule has 5 nitrogen and oxygen atoms in total. The number of imide groups is 1. The number of nitrogens with one attached hydrogen (secondary N) is 1. The second-order valence-electron chi connectivity index (χ2n) is 8.04. The van der Waals surface area contributed by atoms with Crippen LogP contribution in [0.3, 0.4) is 0 Å². The third-order valence-corrected chi connectivity index (χ3v) is 5.61. The first-order valence-electron chi connectivity index (χ1n) is 8.39. The maximum absolute atomic E-state index is 12.8. The van der Waals surface area contributed by atoms with E-state index in [-0.39, 0.29) is 35.0 Å². The van der Waals surface area contributed by atoms with Crippen LogP contribution >= 0.6 is 0 Å². The number of nitrogens with zero attached hydrogens (tertiary/aromatic N) is 1. The Hall–Kier alpha value is -2.17. The highest BCUT2D eigenvalue weighted by molar-refractivity contribution is 6.06. The predicted octanol–water partition coefficient (Wildman–Crippen LogP) is 2.11. The lowest BCUT2D eigenvalue weighted by Crippen LogP contribution is -2.53. The molecule has 5 heteroatoms. The minimum Gasteiger partial charge on any atom is -0.322 e. The quantitative estimate of drug-likeness (QED) is 0.750. The molecule has 0 radical (unpaired) electrons. The monoisotopic (exact) mass is 328 g/mol. The Morgan fingerprint density at radius 1 is 1.17 bits per heavy atom. The minimum atomic E-state index is -0.557. The molecule has 3 aliphatic rings. The standard InChI is InChI=1S/C19H24N2O3/c1-18(2,3)19(4)9-7-12-11-21(17(24)13(12)8-10-19)14-5-6-15(22)20-16(14)23/h7-10,14H,5-6,11H2,1-4H3,(H,20,22,23). The van der Waals surface area contributed by atoms with Crippen molar-refractivity contribution in [3.63, 3.8) is 0 Å². The number of rotatable bonds is 1. The van der Waals surface area contributed by atoms with Gasteiger partial charge in [-0.2, -0.15) is 0 Å². The molecular weight excluding hydrogens is 304 g/mol.